The molecule has 0 saturated carbocycles. The van der Waals surface area contributed by atoms with Gasteiger partial charge in [-0.25, -0.2) is 0 Å². The van der Waals surface area contributed by atoms with E-state index in [0.717, 1.165) is 0 Å². The fourth-order valence-electron chi connectivity index (χ4n) is 1.05. The molecule has 3 heteroatoms. The standard InChI is InChI=1S/C11H18OSi2/c1-14(2,3)12-13-10-9-11-7-5-4-6-8-11/h4-10H,13H2,1-3H3. The second-order valence-electron chi connectivity index (χ2n) is 4.24. The third kappa shape index (κ3) is 5.16. The highest BCUT2D eigenvalue weighted by atomic mass is 28.4. The van der Waals surface area contributed by atoms with E-state index >= 15 is 0 Å². The molecule has 0 aliphatic rings. The molecule has 0 bridgehead atoms. The van der Waals surface area contributed by atoms with Gasteiger partial charge in [-0.1, -0.05) is 42.1 Å². The molecule has 0 amide bonds. The summed E-state index contributed by atoms with van der Waals surface area (Å²) in [7, 11) is -1.74. The summed E-state index contributed by atoms with van der Waals surface area (Å²) < 4.78 is 5.84. The first-order valence-electron chi connectivity index (χ1n) is 4.93. The smallest absolute Gasteiger partial charge is 0.171 e. The van der Waals surface area contributed by atoms with Crippen molar-refractivity contribution in [1.82, 2.24) is 0 Å². The summed E-state index contributed by atoms with van der Waals surface area (Å²) in [5.41, 5.74) is 3.48. The summed E-state index contributed by atoms with van der Waals surface area (Å²) in [6.07, 6.45) is 2.16. The topological polar surface area (TPSA) is 9.23 Å². The lowest BCUT2D eigenvalue weighted by Crippen LogP contribution is -2.26. The van der Waals surface area contributed by atoms with E-state index < -0.39 is 18.1 Å². The van der Waals surface area contributed by atoms with Crippen LogP contribution in [0.25, 0.3) is 6.08 Å². The van der Waals surface area contributed by atoms with Gasteiger partial charge in [-0.3, -0.25) is 0 Å². The molecule has 76 valence electrons. The van der Waals surface area contributed by atoms with Gasteiger partial charge in [0.1, 0.15) is 0 Å². The molecule has 0 aliphatic carbocycles. The molecule has 0 saturated heterocycles. The maximum Gasteiger partial charge on any atom is 0.171 e. The van der Waals surface area contributed by atoms with Crippen LogP contribution in [0.4, 0.5) is 0 Å². The second-order valence-corrected chi connectivity index (χ2v) is 10.4. The van der Waals surface area contributed by atoms with E-state index in [1.807, 2.05) is 6.07 Å². The minimum absolute atomic E-state index is 0.456. The summed E-state index contributed by atoms with van der Waals surface area (Å²) in [5, 5.41) is 0. The quantitative estimate of drug-likeness (QED) is 0.712. The number of hydrogen-bond acceptors (Lipinski definition) is 1. The third-order valence-corrected chi connectivity index (χ3v) is 6.28. The fourth-order valence-corrected chi connectivity index (χ4v) is 3.80. The molecule has 1 aromatic carbocycles. The van der Waals surface area contributed by atoms with Crippen molar-refractivity contribution >= 4 is 24.2 Å². The van der Waals surface area contributed by atoms with Crippen LogP contribution in [0, 0.1) is 0 Å². The number of hydrogen-bond donors (Lipinski definition) is 0. The lowest BCUT2D eigenvalue weighted by Gasteiger charge is -2.15. The molecule has 0 radical (unpaired) electrons. The van der Waals surface area contributed by atoms with Crippen molar-refractivity contribution in [3.05, 3.63) is 41.6 Å². The molecule has 14 heavy (non-hydrogen) atoms. The van der Waals surface area contributed by atoms with Gasteiger partial charge < -0.3 is 4.12 Å². The van der Waals surface area contributed by atoms with Gasteiger partial charge in [0, 0.05) is 0 Å². The van der Waals surface area contributed by atoms with Gasteiger partial charge >= 0.3 is 0 Å². The third-order valence-electron chi connectivity index (χ3n) is 1.72. The minimum Gasteiger partial charge on any atom is -0.457 e. The summed E-state index contributed by atoms with van der Waals surface area (Å²) in [6, 6.07) is 10.4. The Kier molecular flexibility index (Phi) is 4.32. The maximum atomic E-state index is 5.84. The largest absolute Gasteiger partial charge is 0.457 e. The van der Waals surface area contributed by atoms with E-state index in [9.17, 15) is 0 Å². The molecule has 0 fully saturated rings. The molecule has 0 unspecified atom stereocenters. The monoisotopic (exact) mass is 222 g/mol. The molecule has 0 N–H and O–H groups in total. The summed E-state index contributed by atoms with van der Waals surface area (Å²) in [4.78, 5) is 0. The van der Waals surface area contributed by atoms with Crippen LogP contribution in [0.3, 0.4) is 0 Å². The van der Waals surface area contributed by atoms with Crippen LogP contribution in [0.1, 0.15) is 5.56 Å². The van der Waals surface area contributed by atoms with Gasteiger partial charge in [-0.2, -0.15) is 0 Å². The Hall–Kier alpha value is -0.646. The number of rotatable bonds is 4. The molecule has 0 aliphatic heterocycles. The Bertz CT molecular complexity index is 288. The normalized spacial score (nSPS) is 13.1. The van der Waals surface area contributed by atoms with E-state index in [1.165, 1.54) is 5.56 Å². The lowest BCUT2D eigenvalue weighted by molar-refractivity contribution is 0.607. The van der Waals surface area contributed by atoms with Crippen molar-refractivity contribution in [1.29, 1.82) is 0 Å². The summed E-state index contributed by atoms with van der Waals surface area (Å²) in [6.45, 7) is 6.70. The highest BCUT2D eigenvalue weighted by Crippen LogP contribution is 2.03. The Labute approximate surface area is 89.9 Å². The Morgan fingerprint density at radius 1 is 1.14 bits per heavy atom. The Morgan fingerprint density at radius 3 is 2.36 bits per heavy atom. The van der Waals surface area contributed by atoms with Gasteiger partial charge in [0.25, 0.3) is 0 Å². The van der Waals surface area contributed by atoms with Gasteiger partial charge in [-0.05, 0) is 25.2 Å². The summed E-state index contributed by atoms with van der Waals surface area (Å²) in [5.74, 6) is 0. The first-order chi connectivity index (χ1) is 6.58. The molecule has 0 atom stereocenters. The molecule has 0 spiro atoms. The molecular weight excluding hydrogens is 204 g/mol. The van der Waals surface area contributed by atoms with Crippen LogP contribution in [0.5, 0.6) is 0 Å². The van der Waals surface area contributed by atoms with E-state index in [4.69, 9.17) is 4.12 Å². The van der Waals surface area contributed by atoms with Gasteiger partial charge in [-0.15, -0.1) is 0 Å². The molecule has 1 rings (SSSR count). The molecular formula is C11H18OSi2. The predicted molar refractivity (Wildman–Crippen MR) is 68.5 cm³/mol. The average Bonchev–Trinajstić information content (AvgIpc) is 2.13. The van der Waals surface area contributed by atoms with Crippen molar-refractivity contribution in [2.75, 3.05) is 0 Å². The Balaban J connectivity index is 2.35. The Morgan fingerprint density at radius 2 is 1.79 bits per heavy atom. The SMILES string of the molecule is C[Si](C)(C)O[SiH2]C=Cc1ccccc1. The van der Waals surface area contributed by atoms with Gasteiger partial charge in [0.05, 0.1) is 0 Å². The zero-order chi connectivity index (χ0) is 10.4. The van der Waals surface area contributed by atoms with E-state index in [0.29, 0.717) is 0 Å². The fraction of sp³-hybridized carbons (Fsp3) is 0.273. The first kappa shape index (κ1) is 11.4. The maximum absolute atomic E-state index is 5.84. The van der Waals surface area contributed by atoms with Crippen molar-refractivity contribution in [3.8, 4) is 0 Å². The van der Waals surface area contributed by atoms with Crippen molar-refractivity contribution in [2.24, 2.45) is 0 Å². The van der Waals surface area contributed by atoms with Crippen LogP contribution in [0.15, 0.2) is 36.0 Å². The molecule has 1 nitrogen and oxygen atoms in total. The number of benzene rings is 1. The summed E-state index contributed by atoms with van der Waals surface area (Å²) >= 11 is 0. The van der Waals surface area contributed by atoms with E-state index in [2.05, 4.69) is 55.7 Å². The zero-order valence-corrected chi connectivity index (χ0v) is 11.6. The average molecular weight is 222 g/mol. The van der Waals surface area contributed by atoms with E-state index in [-0.39, 0.29) is 0 Å². The predicted octanol–water partition coefficient (Wildman–Crippen LogP) is 2.59. The van der Waals surface area contributed by atoms with Crippen LogP contribution in [-0.4, -0.2) is 18.1 Å². The van der Waals surface area contributed by atoms with Crippen molar-refractivity contribution in [2.45, 2.75) is 19.6 Å². The van der Waals surface area contributed by atoms with Gasteiger partial charge in [0.2, 0.25) is 0 Å². The van der Waals surface area contributed by atoms with Crippen LogP contribution in [0.2, 0.25) is 19.6 Å². The van der Waals surface area contributed by atoms with Crippen LogP contribution in [-0.2, 0) is 4.12 Å². The molecule has 0 heterocycles. The first-order valence-corrected chi connectivity index (χ1v) is 9.74. The lowest BCUT2D eigenvalue weighted by atomic mass is 10.2. The van der Waals surface area contributed by atoms with E-state index in [1.54, 1.807) is 0 Å². The van der Waals surface area contributed by atoms with Crippen molar-refractivity contribution < 1.29 is 4.12 Å². The molecule has 1 aromatic rings. The zero-order valence-electron chi connectivity index (χ0n) is 9.16. The van der Waals surface area contributed by atoms with Gasteiger partial charge in [0.15, 0.2) is 18.1 Å². The highest BCUT2D eigenvalue weighted by molar-refractivity contribution is 6.74. The van der Waals surface area contributed by atoms with Crippen LogP contribution < -0.4 is 0 Å². The minimum atomic E-state index is -1.28. The highest BCUT2D eigenvalue weighted by Gasteiger charge is 2.11. The molecule has 0 aromatic heterocycles. The van der Waals surface area contributed by atoms with Crippen molar-refractivity contribution in [3.63, 3.8) is 0 Å². The second kappa shape index (κ2) is 5.29. The van der Waals surface area contributed by atoms with Crippen LogP contribution >= 0.6 is 0 Å².